The van der Waals surface area contributed by atoms with Gasteiger partial charge < -0.3 is 10.1 Å². The number of hydrogen-bond acceptors (Lipinski definition) is 2. The molecule has 2 aromatic carbocycles. The Morgan fingerprint density at radius 1 is 1.11 bits per heavy atom. The maximum absolute atomic E-state index is 5.83. The molecule has 0 saturated carbocycles. The molecule has 1 N–H and O–H groups in total. The van der Waals surface area contributed by atoms with Crippen molar-refractivity contribution in [1.82, 2.24) is 5.32 Å². The highest BCUT2D eigenvalue weighted by Crippen LogP contribution is 2.24. The van der Waals surface area contributed by atoms with Gasteiger partial charge in [0.2, 0.25) is 0 Å². The largest absolute Gasteiger partial charge is 0.493 e. The minimum atomic E-state index is 0.734. The fourth-order valence-electron chi connectivity index (χ4n) is 1.90. The van der Waals surface area contributed by atoms with E-state index in [4.69, 9.17) is 4.74 Å². The molecule has 2 aromatic rings. The summed E-state index contributed by atoms with van der Waals surface area (Å²) in [7, 11) is 0. The third-order valence-corrected chi connectivity index (χ3v) is 2.79. The lowest BCUT2D eigenvalue weighted by atomic mass is 10.1. The van der Waals surface area contributed by atoms with Crippen LogP contribution in [0.3, 0.4) is 0 Å². The van der Waals surface area contributed by atoms with Crippen molar-refractivity contribution < 1.29 is 4.74 Å². The molecule has 0 radical (unpaired) electrons. The van der Waals surface area contributed by atoms with Gasteiger partial charge in [0, 0.05) is 11.9 Å². The zero-order valence-corrected chi connectivity index (χ0v) is 10.6. The van der Waals surface area contributed by atoms with Crippen LogP contribution in [0.1, 0.15) is 6.42 Å². The summed E-state index contributed by atoms with van der Waals surface area (Å²) in [5, 5.41) is 5.66. The average Bonchev–Trinajstić information content (AvgIpc) is 2.43. The maximum Gasteiger partial charge on any atom is 0.127 e. The molecule has 0 aromatic heterocycles. The Bertz CT molecular complexity index is 502. The highest BCUT2D eigenvalue weighted by atomic mass is 16.5. The van der Waals surface area contributed by atoms with Gasteiger partial charge in [-0.1, -0.05) is 42.5 Å². The van der Waals surface area contributed by atoms with Crippen LogP contribution in [0.15, 0.2) is 55.1 Å². The highest BCUT2D eigenvalue weighted by Gasteiger charge is 2.00. The van der Waals surface area contributed by atoms with E-state index in [1.807, 2.05) is 30.3 Å². The van der Waals surface area contributed by atoms with Crippen LogP contribution in [0.25, 0.3) is 10.8 Å². The van der Waals surface area contributed by atoms with Gasteiger partial charge in [-0.15, -0.1) is 6.58 Å². The molecule has 0 aliphatic heterocycles. The number of benzene rings is 2. The summed E-state index contributed by atoms with van der Waals surface area (Å²) >= 11 is 0. The Labute approximate surface area is 108 Å². The molecule has 2 nitrogen and oxygen atoms in total. The predicted octanol–water partition coefficient (Wildman–Crippen LogP) is 3.38. The summed E-state index contributed by atoms with van der Waals surface area (Å²) in [4.78, 5) is 0. The lowest BCUT2D eigenvalue weighted by Gasteiger charge is -2.09. The topological polar surface area (TPSA) is 21.3 Å². The molecule has 0 spiro atoms. The Morgan fingerprint density at radius 2 is 1.94 bits per heavy atom. The second-order valence-electron chi connectivity index (χ2n) is 4.17. The first kappa shape index (κ1) is 12.7. The van der Waals surface area contributed by atoms with E-state index < -0.39 is 0 Å². The molecule has 0 heterocycles. The van der Waals surface area contributed by atoms with Crippen molar-refractivity contribution >= 4 is 10.8 Å². The van der Waals surface area contributed by atoms with Gasteiger partial charge in [-0.25, -0.2) is 0 Å². The zero-order valence-electron chi connectivity index (χ0n) is 10.6. The van der Waals surface area contributed by atoms with Crippen molar-refractivity contribution in [2.75, 3.05) is 19.7 Å². The summed E-state index contributed by atoms with van der Waals surface area (Å²) in [6.45, 7) is 6.21. The number of fused-ring (bicyclic) bond motifs is 1. The number of ether oxygens (including phenoxy) is 1. The monoisotopic (exact) mass is 241 g/mol. The van der Waals surface area contributed by atoms with Crippen LogP contribution >= 0.6 is 0 Å². The van der Waals surface area contributed by atoms with Crippen molar-refractivity contribution in [1.29, 1.82) is 0 Å². The summed E-state index contributed by atoms with van der Waals surface area (Å²) in [6.07, 6.45) is 2.86. The molecule has 94 valence electrons. The lowest BCUT2D eigenvalue weighted by molar-refractivity contribution is 0.312. The van der Waals surface area contributed by atoms with Gasteiger partial charge in [0.25, 0.3) is 0 Å². The number of hydrogen-bond donors (Lipinski definition) is 1. The first-order valence-electron chi connectivity index (χ1n) is 6.34. The molecule has 0 aliphatic rings. The van der Waals surface area contributed by atoms with Gasteiger partial charge in [0.15, 0.2) is 0 Å². The molecule has 0 bridgehead atoms. The van der Waals surface area contributed by atoms with E-state index in [0.29, 0.717) is 0 Å². The Balaban J connectivity index is 1.89. The summed E-state index contributed by atoms with van der Waals surface area (Å²) < 4.78 is 5.83. The summed E-state index contributed by atoms with van der Waals surface area (Å²) in [5.41, 5.74) is 0. The molecule has 2 rings (SSSR count). The normalized spacial score (nSPS) is 10.4. The highest BCUT2D eigenvalue weighted by molar-refractivity contribution is 5.88. The van der Waals surface area contributed by atoms with Crippen LogP contribution in [-0.2, 0) is 0 Å². The smallest absolute Gasteiger partial charge is 0.127 e. The Morgan fingerprint density at radius 3 is 2.83 bits per heavy atom. The maximum atomic E-state index is 5.83. The van der Waals surface area contributed by atoms with Crippen molar-refractivity contribution in [3.63, 3.8) is 0 Å². The van der Waals surface area contributed by atoms with E-state index in [-0.39, 0.29) is 0 Å². The minimum absolute atomic E-state index is 0.734. The van der Waals surface area contributed by atoms with E-state index in [9.17, 15) is 0 Å². The van der Waals surface area contributed by atoms with Gasteiger partial charge in [-0.05, 0) is 24.4 Å². The predicted molar refractivity (Wildman–Crippen MR) is 77.1 cm³/mol. The average molecular weight is 241 g/mol. The zero-order chi connectivity index (χ0) is 12.6. The van der Waals surface area contributed by atoms with Crippen molar-refractivity contribution in [3.05, 3.63) is 55.1 Å². The van der Waals surface area contributed by atoms with E-state index in [1.54, 1.807) is 0 Å². The summed E-state index contributed by atoms with van der Waals surface area (Å²) in [5.74, 6) is 0.969. The van der Waals surface area contributed by atoms with E-state index in [0.717, 1.165) is 31.9 Å². The van der Waals surface area contributed by atoms with E-state index in [1.165, 1.54) is 10.8 Å². The molecule has 0 aliphatic carbocycles. The third kappa shape index (κ3) is 3.34. The van der Waals surface area contributed by atoms with Gasteiger partial charge in [0.05, 0.1) is 6.61 Å². The molecule has 0 fully saturated rings. The molecule has 2 heteroatoms. The summed E-state index contributed by atoms with van der Waals surface area (Å²) in [6, 6.07) is 14.5. The van der Waals surface area contributed by atoms with Gasteiger partial charge in [0.1, 0.15) is 5.75 Å². The molecule has 0 unspecified atom stereocenters. The third-order valence-electron chi connectivity index (χ3n) is 2.79. The Kier molecular flexibility index (Phi) is 4.79. The van der Waals surface area contributed by atoms with Gasteiger partial charge in [-0.3, -0.25) is 0 Å². The fourth-order valence-corrected chi connectivity index (χ4v) is 1.90. The first-order valence-corrected chi connectivity index (χ1v) is 6.34. The molecular formula is C16H19NO. The van der Waals surface area contributed by atoms with E-state index >= 15 is 0 Å². The van der Waals surface area contributed by atoms with Crippen LogP contribution in [0.4, 0.5) is 0 Å². The van der Waals surface area contributed by atoms with Gasteiger partial charge in [-0.2, -0.15) is 0 Å². The van der Waals surface area contributed by atoms with E-state index in [2.05, 4.69) is 30.1 Å². The van der Waals surface area contributed by atoms with Crippen LogP contribution in [0.2, 0.25) is 0 Å². The molecule has 0 atom stereocenters. The second-order valence-corrected chi connectivity index (χ2v) is 4.17. The molecular weight excluding hydrogens is 222 g/mol. The van der Waals surface area contributed by atoms with Crippen molar-refractivity contribution in [2.45, 2.75) is 6.42 Å². The van der Waals surface area contributed by atoms with Gasteiger partial charge >= 0.3 is 0 Å². The molecule has 0 amide bonds. The minimum Gasteiger partial charge on any atom is -0.493 e. The quantitative estimate of drug-likeness (QED) is 0.592. The lowest BCUT2D eigenvalue weighted by Crippen LogP contribution is -2.17. The molecule has 0 saturated heterocycles. The number of nitrogens with one attached hydrogen (secondary N) is 1. The van der Waals surface area contributed by atoms with Crippen molar-refractivity contribution in [3.8, 4) is 5.75 Å². The number of rotatable bonds is 7. The van der Waals surface area contributed by atoms with Crippen LogP contribution < -0.4 is 10.1 Å². The Hall–Kier alpha value is -1.80. The SMILES string of the molecule is C=CCNCCCOc1cccc2ccccc12. The first-order chi connectivity index (χ1) is 8.92. The van der Waals surface area contributed by atoms with Crippen LogP contribution in [-0.4, -0.2) is 19.7 Å². The fraction of sp³-hybridized carbons (Fsp3) is 0.250. The van der Waals surface area contributed by atoms with Crippen LogP contribution in [0, 0.1) is 0 Å². The van der Waals surface area contributed by atoms with Crippen LogP contribution in [0.5, 0.6) is 5.75 Å². The second kappa shape index (κ2) is 6.82. The van der Waals surface area contributed by atoms with Crippen molar-refractivity contribution in [2.24, 2.45) is 0 Å². The standard InChI is InChI=1S/C16H19NO/c1-2-11-17-12-6-13-18-16-10-5-8-14-7-3-4-9-15(14)16/h2-5,7-10,17H,1,6,11-13H2. The molecule has 18 heavy (non-hydrogen) atoms.